The van der Waals surface area contributed by atoms with Crippen LogP contribution in [0.2, 0.25) is 0 Å². The van der Waals surface area contributed by atoms with Crippen LogP contribution in [-0.4, -0.2) is 37.6 Å². The van der Waals surface area contributed by atoms with Gasteiger partial charge in [-0.2, -0.15) is 0 Å². The predicted octanol–water partition coefficient (Wildman–Crippen LogP) is 2.88. The van der Waals surface area contributed by atoms with Crippen LogP contribution in [-0.2, 0) is 11.3 Å². The van der Waals surface area contributed by atoms with Crippen molar-refractivity contribution in [2.45, 2.75) is 32.4 Å². The van der Waals surface area contributed by atoms with Gasteiger partial charge in [0, 0.05) is 29.4 Å². The van der Waals surface area contributed by atoms with Gasteiger partial charge in [-0.25, -0.2) is 18.9 Å². The smallest absolute Gasteiger partial charge is 0.353 e. The van der Waals surface area contributed by atoms with Crippen molar-refractivity contribution in [2.75, 3.05) is 12.8 Å². The van der Waals surface area contributed by atoms with Gasteiger partial charge in [-0.1, -0.05) is 30.3 Å². The number of anilines is 1. The van der Waals surface area contributed by atoms with Crippen LogP contribution in [0, 0.1) is 0 Å². The van der Waals surface area contributed by atoms with Crippen LogP contribution in [0.15, 0.2) is 74.7 Å². The minimum absolute atomic E-state index is 0.00919. The van der Waals surface area contributed by atoms with E-state index >= 15 is 0 Å². The van der Waals surface area contributed by atoms with E-state index in [1.165, 1.54) is 22.3 Å². The molecule has 0 atom stereocenters. The normalized spacial score (nSPS) is 14.1. The second-order valence-electron chi connectivity index (χ2n) is 8.42. The minimum Gasteiger partial charge on any atom is -0.499 e. The number of aliphatic imine (C=N–C) groups is 1. The molecule has 10 nitrogen and oxygen atoms in total. The number of ether oxygens (including phenoxy) is 1. The predicted molar refractivity (Wildman–Crippen MR) is 134 cm³/mol. The average molecular weight is 472 g/mol. The van der Waals surface area contributed by atoms with E-state index in [0.29, 0.717) is 28.4 Å². The molecular formula is C25H25N7O3. The Kier molecular flexibility index (Phi) is 5.56. The Bertz CT molecular complexity index is 1590. The van der Waals surface area contributed by atoms with Gasteiger partial charge in [-0.3, -0.25) is 9.79 Å². The van der Waals surface area contributed by atoms with Crippen LogP contribution < -0.4 is 17.0 Å². The highest BCUT2D eigenvalue weighted by Crippen LogP contribution is 2.37. The van der Waals surface area contributed by atoms with E-state index in [1.807, 2.05) is 36.5 Å². The number of nitrogens with zero attached hydrogens (tertiary/aromatic N) is 6. The maximum absolute atomic E-state index is 13.3. The highest BCUT2D eigenvalue weighted by molar-refractivity contribution is 5.90. The van der Waals surface area contributed by atoms with Crippen molar-refractivity contribution in [1.82, 2.24) is 23.7 Å². The van der Waals surface area contributed by atoms with Gasteiger partial charge < -0.3 is 15.0 Å². The molecule has 3 aromatic heterocycles. The molecular weight excluding hydrogens is 446 g/mol. The lowest BCUT2D eigenvalue weighted by Crippen LogP contribution is -2.24. The lowest BCUT2D eigenvalue weighted by molar-refractivity contribution is 0.285. The molecule has 3 heterocycles. The summed E-state index contributed by atoms with van der Waals surface area (Å²) in [7, 11) is 1.52. The zero-order chi connectivity index (χ0) is 24.7. The first-order chi connectivity index (χ1) is 16.9. The monoisotopic (exact) mass is 471 g/mol. The number of allylic oxidation sites excluding steroid dienone is 2. The van der Waals surface area contributed by atoms with Gasteiger partial charge in [0.2, 0.25) is 5.95 Å². The highest BCUT2D eigenvalue weighted by Gasteiger charge is 2.26. The van der Waals surface area contributed by atoms with E-state index in [4.69, 9.17) is 10.5 Å². The summed E-state index contributed by atoms with van der Waals surface area (Å²) in [6, 6.07) is 13.0. The number of nitrogens with two attached hydrogens (primary N) is 1. The fourth-order valence-electron chi connectivity index (χ4n) is 4.10. The molecule has 178 valence electrons. The molecule has 0 bridgehead atoms. The van der Waals surface area contributed by atoms with Gasteiger partial charge >= 0.3 is 5.69 Å². The van der Waals surface area contributed by atoms with Crippen LogP contribution in [0.5, 0.6) is 0 Å². The Balaban J connectivity index is 1.82. The van der Waals surface area contributed by atoms with Crippen molar-refractivity contribution in [1.29, 1.82) is 0 Å². The van der Waals surface area contributed by atoms with Crippen LogP contribution >= 0.6 is 0 Å². The molecule has 0 aliphatic heterocycles. The Morgan fingerprint density at radius 2 is 1.91 bits per heavy atom. The zero-order valence-electron chi connectivity index (χ0n) is 19.5. The fourth-order valence-corrected chi connectivity index (χ4v) is 4.10. The first-order valence-electron chi connectivity index (χ1n) is 11.2. The third-order valence-corrected chi connectivity index (χ3v) is 6.17. The standard InChI is InChI=1S/C25H25N7O3/c1-15(35-3)19(27-2)14-31-25(34)32-23(29-31)21(17-9-12-20(33)30(13-17)18-10-11-18)22(28-24(32)26)16-7-5-4-6-8-16/h4-9,12-13,18H,2,10-11,14H2,1,3H3,(H2,26,28)/b19-15-. The zero-order valence-corrected chi connectivity index (χ0v) is 19.5. The van der Waals surface area contributed by atoms with E-state index in [-0.39, 0.29) is 24.1 Å². The van der Waals surface area contributed by atoms with E-state index in [9.17, 15) is 9.59 Å². The van der Waals surface area contributed by atoms with E-state index < -0.39 is 5.69 Å². The summed E-state index contributed by atoms with van der Waals surface area (Å²) in [6.07, 6.45) is 3.73. The average Bonchev–Trinajstić information content (AvgIpc) is 3.66. The summed E-state index contributed by atoms with van der Waals surface area (Å²) in [5, 5.41) is 4.63. The van der Waals surface area contributed by atoms with Crippen LogP contribution in [0.4, 0.5) is 5.95 Å². The third kappa shape index (κ3) is 3.92. The molecule has 1 aliphatic carbocycles. The van der Waals surface area contributed by atoms with Gasteiger partial charge in [0.1, 0.15) is 5.76 Å². The summed E-state index contributed by atoms with van der Waals surface area (Å²) >= 11 is 0. The first-order valence-corrected chi connectivity index (χ1v) is 11.2. The van der Waals surface area contributed by atoms with Crippen LogP contribution in [0.1, 0.15) is 25.8 Å². The van der Waals surface area contributed by atoms with Crippen LogP contribution in [0.25, 0.3) is 28.0 Å². The Morgan fingerprint density at radius 1 is 1.17 bits per heavy atom. The molecule has 0 unspecified atom stereocenters. The van der Waals surface area contributed by atoms with Gasteiger partial charge in [0.15, 0.2) is 5.65 Å². The Hall–Kier alpha value is -4.47. The molecule has 0 radical (unpaired) electrons. The number of nitrogen functional groups attached to an aromatic ring is 1. The summed E-state index contributed by atoms with van der Waals surface area (Å²) in [4.78, 5) is 34.4. The van der Waals surface area contributed by atoms with E-state index in [1.54, 1.807) is 17.6 Å². The Morgan fingerprint density at radius 3 is 2.57 bits per heavy atom. The molecule has 1 aromatic carbocycles. The second-order valence-corrected chi connectivity index (χ2v) is 8.42. The van der Waals surface area contributed by atoms with Crippen molar-refractivity contribution in [3.05, 3.63) is 81.0 Å². The largest absolute Gasteiger partial charge is 0.499 e. The van der Waals surface area contributed by atoms with Gasteiger partial charge in [-0.05, 0) is 32.5 Å². The molecule has 5 rings (SSSR count). The maximum atomic E-state index is 13.3. The second kappa shape index (κ2) is 8.71. The fraction of sp³-hybridized carbons (Fsp3) is 0.240. The van der Waals surface area contributed by atoms with Crippen molar-refractivity contribution in [2.24, 2.45) is 4.99 Å². The van der Waals surface area contributed by atoms with Gasteiger partial charge in [-0.15, -0.1) is 5.10 Å². The summed E-state index contributed by atoms with van der Waals surface area (Å²) in [6.45, 7) is 5.36. The summed E-state index contributed by atoms with van der Waals surface area (Å²) < 4.78 is 9.53. The number of rotatable bonds is 7. The molecule has 4 aromatic rings. The maximum Gasteiger partial charge on any atom is 0.353 e. The van der Waals surface area contributed by atoms with Gasteiger partial charge in [0.05, 0.1) is 30.6 Å². The highest BCUT2D eigenvalue weighted by atomic mass is 16.5. The minimum atomic E-state index is -0.466. The molecule has 1 aliphatic rings. The lowest BCUT2D eigenvalue weighted by atomic mass is 10.0. The number of hydrogen-bond acceptors (Lipinski definition) is 7. The van der Waals surface area contributed by atoms with Crippen molar-refractivity contribution >= 4 is 18.3 Å². The SMILES string of the molecule is C=N/C(Cn1nc2c(-c3ccc(=O)n(C4CC4)c3)c(-c3ccccc3)nc(N)n2c1=O)=C(/C)OC. The molecule has 1 saturated carbocycles. The third-order valence-electron chi connectivity index (χ3n) is 6.17. The van der Waals surface area contributed by atoms with Crippen molar-refractivity contribution in [3.8, 4) is 22.4 Å². The van der Waals surface area contributed by atoms with Gasteiger partial charge in [0.25, 0.3) is 5.56 Å². The molecule has 2 N–H and O–H groups in total. The van der Waals surface area contributed by atoms with Crippen LogP contribution in [0.3, 0.4) is 0 Å². The molecule has 1 fully saturated rings. The van der Waals surface area contributed by atoms with E-state index in [0.717, 1.165) is 24.0 Å². The summed E-state index contributed by atoms with van der Waals surface area (Å²) in [5.74, 6) is 0.534. The number of methoxy groups -OCH3 is 1. The number of aromatic nitrogens is 5. The molecule has 35 heavy (non-hydrogen) atoms. The Labute approximate surface area is 200 Å². The quantitative estimate of drug-likeness (QED) is 0.327. The first kappa shape index (κ1) is 22.3. The number of pyridine rings is 1. The molecule has 0 spiro atoms. The lowest BCUT2D eigenvalue weighted by Gasteiger charge is -2.13. The number of hydrogen-bond donors (Lipinski definition) is 1. The summed E-state index contributed by atoms with van der Waals surface area (Å²) in [5.41, 5.74) is 9.26. The number of fused-ring (bicyclic) bond motifs is 1. The topological polar surface area (TPSA) is 122 Å². The molecule has 0 amide bonds. The molecule has 0 saturated heterocycles. The van der Waals surface area contributed by atoms with Crippen molar-refractivity contribution < 1.29 is 4.74 Å². The molecule has 10 heteroatoms. The van der Waals surface area contributed by atoms with Crippen molar-refractivity contribution in [3.63, 3.8) is 0 Å². The van der Waals surface area contributed by atoms with E-state index in [2.05, 4.69) is 21.8 Å². The number of benzene rings is 1.